The molecule has 2 aromatic heterocycles. The van der Waals surface area contributed by atoms with E-state index in [1.54, 1.807) is 24.9 Å². The monoisotopic (exact) mass is 249 g/mol. The summed E-state index contributed by atoms with van der Waals surface area (Å²) < 4.78 is 1.63. The molecule has 0 aliphatic heterocycles. The minimum absolute atomic E-state index is 0.183. The lowest BCUT2D eigenvalue weighted by molar-refractivity contribution is 0.0937. The lowest BCUT2D eigenvalue weighted by Crippen LogP contribution is -2.27. The van der Waals surface area contributed by atoms with Crippen molar-refractivity contribution < 1.29 is 4.79 Å². The highest BCUT2D eigenvalue weighted by atomic mass is 16.1. The van der Waals surface area contributed by atoms with Gasteiger partial charge in [-0.05, 0) is 13.3 Å². The third kappa shape index (κ3) is 2.36. The Balaban J connectivity index is 2.12. The average Bonchev–Trinajstić information content (AvgIpc) is 2.96. The van der Waals surface area contributed by atoms with Crippen molar-refractivity contribution >= 4 is 5.91 Å². The molecule has 0 aliphatic carbocycles. The molecule has 2 aromatic rings. The zero-order valence-corrected chi connectivity index (χ0v) is 10.5. The van der Waals surface area contributed by atoms with Crippen molar-refractivity contribution in [2.24, 2.45) is 7.05 Å². The summed E-state index contributed by atoms with van der Waals surface area (Å²) in [5.41, 5.74) is 1.35. The first-order chi connectivity index (χ1) is 8.61. The largest absolute Gasteiger partial charge is 0.342 e. The van der Waals surface area contributed by atoms with Crippen LogP contribution >= 0.6 is 0 Å². The summed E-state index contributed by atoms with van der Waals surface area (Å²) >= 11 is 0. The summed E-state index contributed by atoms with van der Waals surface area (Å²) in [6.07, 6.45) is 2.41. The number of carbonyl (C=O) groups is 1. The van der Waals surface area contributed by atoms with Crippen LogP contribution in [0.3, 0.4) is 0 Å². The van der Waals surface area contributed by atoms with Crippen LogP contribution in [-0.4, -0.2) is 36.3 Å². The van der Waals surface area contributed by atoms with E-state index in [0.717, 1.165) is 5.69 Å². The maximum Gasteiger partial charge on any atom is 0.255 e. The Kier molecular flexibility index (Phi) is 3.35. The van der Waals surface area contributed by atoms with Crippen LogP contribution in [0.1, 0.15) is 41.8 Å². The van der Waals surface area contributed by atoms with Gasteiger partial charge < -0.3 is 5.32 Å². The van der Waals surface area contributed by atoms with E-state index >= 15 is 0 Å². The number of aryl methyl sites for hydroxylation is 2. The van der Waals surface area contributed by atoms with Gasteiger partial charge in [-0.1, -0.05) is 12.1 Å². The van der Waals surface area contributed by atoms with Gasteiger partial charge in [0.15, 0.2) is 5.82 Å². The van der Waals surface area contributed by atoms with E-state index in [2.05, 4.69) is 31.0 Å². The number of rotatable bonds is 4. The molecule has 0 spiro atoms. The van der Waals surface area contributed by atoms with E-state index < -0.39 is 0 Å². The van der Waals surface area contributed by atoms with E-state index in [4.69, 9.17) is 0 Å². The topological polar surface area (TPSA) is 101 Å². The Morgan fingerprint density at radius 1 is 1.61 bits per heavy atom. The van der Waals surface area contributed by atoms with Crippen molar-refractivity contribution in [2.75, 3.05) is 0 Å². The SMILES string of the molecule is CCc1nn(C)cc1C(=O)NC(C)c1nn[nH]n1. The summed E-state index contributed by atoms with van der Waals surface area (Å²) in [5, 5.41) is 20.5. The molecule has 2 rings (SSSR count). The second kappa shape index (κ2) is 4.94. The molecule has 18 heavy (non-hydrogen) atoms. The molecule has 1 amide bonds. The molecule has 8 nitrogen and oxygen atoms in total. The van der Waals surface area contributed by atoms with Crippen LogP contribution in [0.4, 0.5) is 0 Å². The summed E-state index contributed by atoms with van der Waals surface area (Å²) in [4.78, 5) is 12.1. The van der Waals surface area contributed by atoms with Crippen molar-refractivity contribution in [3.8, 4) is 0 Å². The number of nitrogens with zero attached hydrogens (tertiary/aromatic N) is 5. The smallest absolute Gasteiger partial charge is 0.255 e. The zero-order valence-electron chi connectivity index (χ0n) is 10.5. The van der Waals surface area contributed by atoms with Gasteiger partial charge in [0.25, 0.3) is 5.91 Å². The number of aromatic nitrogens is 6. The standard InChI is InChI=1S/C10H15N7O/c1-4-8-7(5-17(3)14-8)10(18)11-6(2)9-12-15-16-13-9/h5-6H,4H2,1-3H3,(H,11,18)(H,12,13,15,16). The van der Waals surface area contributed by atoms with Gasteiger partial charge in [0.05, 0.1) is 17.3 Å². The fourth-order valence-corrected chi connectivity index (χ4v) is 1.68. The molecule has 0 fully saturated rings. The molecule has 0 radical (unpaired) electrons. The second-order valence-electron chi connectivity index (χ2n) is 3.98. The van der Waals surface area contributed by atoms with Gasteiger partial charge in [-0.25, -0.2) is 0 Å². The molecule has 0 aromatic carbocycles. The Hall–Kier alpha value is -2.25. The average molecular weight is 249 g/mol. The first-order valence-electron chi connectivity index (χ1n) is 5.68. The van der Waals surface area contributed by atoms with Gasteiger partial charge in [-0.2, -0.15) is 10.3 Å². The molecular weight excluding hydrogens is 234 g/mol. The fraction of sp³-hybridized carbons (Fsp3) is 0.500. The number of hydrogen-bond acceptors (Lipinski definition) is 5. The molecule has 1 unspecified atom stereocenters. The van der Waals surface area contributed by atoms with Crippen LogP contribution in [0.15, 0.2) is 6.20 Å². The van der Waals surface area contributed by atoms with Crippen molar-refractivity contribution in [3.05, 3.63) is 23.3 Å². The van der Waals surface area contributed by atoms with Crippen LogP contribution in [0, 0.1) is 0 Å². The van der Waals surface area contributed by atoms with Crippen LogP contribution in [-0.2, 0) is 13.5 Å². The third-order valence-corrected chi connectivity index (χ3v) is 2.58. The minimum atomic E-state index is -0.304. The molecule has 8 heteroatoms. The molecule has 0 bridgehead atoms. The van der Waals surface area contributed by atoms with E-state index in [1.807, 2.05) is 6.92 Å². The lowest BCUT2D eigenvalue weighted by atomic mass is 10.2. The van der Waals surface area contributed by atoms with E-state index in [0.29, 0.717) is 17.8 Å². The quantitative estimate of drug-likeness (QED) is 0.793. The summed E-state index contributed by atoms with van der Waals surface area (Å²) in [5.74, 6) is 0.266. The minimum Gasteiger partial charge on any atom is -0.342 e. The number of nitrogens with one attached hydrogen (secondary N) is 2. The van der Waals surface area contributed by atoms with Gasteiger partial charge >= 0.3 is 0 Å². The van der Waals surface area contributed by atoms with Crippen molar-refractivity contribution in [1.29, 1.82) is 0 Å². The van der Waals surface area contributed by atoms with Crippen molar-refractivity contribution in [1.82, 2.24) is 35.7 Å². The highest BCUT2D eigenvalue weighted by Crippen LogP contribution is 2.10. The lowest BCUT2D eigenvalue weighted by Gasteiger charge is -2.09. The fourth-order valence-electron chi connectivity index (χ4n) is 1.68. The van der Waals surface area contributed by atoms with Gasteiger partial charge in [0.2, 0.25) is 0 Å². The molecule has 0 saturated heterocycles. The van der Waals surface area contributed by atoms with Gasteiger partial charge in [-0.15, -0.1) is 10.2 Å². The van der Waals surface area contributed by atoms with Crippen LogP contribution in [0.2, 0.25) is 0 Å². The predicted octanol–water partition coefficient (Wildman–Crippen LogP) is -0.0134. The number of H-pyrrole nitrogens is 1. The molecule has 96 valence electrons. The van der Waals surface area contributed by atoms with Gasteiger partial charge in [-0.3, -0.25) is 9.48 Å². The van der Waals surface area contributed by atoms with Crippen LogP contribution < -0.4 is 5.32 Å². The Morgan fingerprint density at radius 2 is 2.39 bits per heavy atom. The molecule has 0 aliphatic rings. The summed E-state index contributed by atoms with van der Waals surface area (Å²) in [7, 11) is 1.79. The Bertz CT molecular complexity index is 530. The highest BCUT2D eigenvalue weighted by Gasteiger charge is 2.18. The van der Waals surface area contributed by atoms with Gasteiger partial charge in [0, 0.05) is 13.2 Å². The molecular formula is C10H15N7O. The van der Waals surface area contributed by atoms with Crippen molar-refractivity contribution in [2.45, 2.75) is 26.3 Å². The zero-order chi connectivity index (χ0) is 13.1. The first-order valence-corrected chi connectivity index (χ1v) is 5.68. The maximum atomic E-state index is 12.1. The van der Waals surface area contributed by atoms with E-state index in [-0.39, 0.29) is 11.9 Å². The molecule has 2 heterocycles. The van der Waals surface area contributed by atoms with Crippen molar-refractivity contribution in [3.63, 3.8) is 0 Å². The first kappa shape index (κ1) is 12.2. The summed E-state index contributed by atoms with van der Waals surface area (Å²) in [6.45, 7) is 3.76. The summed E-state index contributed by atoms with van der Waals surface area (Å²) in [6, 6.07) is -0.304. The third-order valence-electron chi connectivity index (χ3n) is 2.58. The number of hydrogen-bond donors (Lipinski definition) is 2. The highest BCUT2D eigenvalue weighted by molar-refractivity contribution is 5.95. The number of amides is 1. The maximum absolute atomic E-state index is 12.1. The second-order valence-corrected chi connectivity index (χ2v) is 3.98. The molecule has 2 N–H and O–H groups in total. The van der Waals surface area contributed by atoms with Crippen LogP contribution in [0.5, 0.6) is 0 Å². The number of carbonyl (C=O) groups excluding carboxylic acids is 1. The van der Waals surface area contributed by atoms with Crippen LogP contribution in [0.25, 0.3) is 0 Å². The van der Waals surface area contributed by atoms with E-state index in [9.17, 15) is 4.79 Å². The molecule has 1 atom stereocenters. The number of aromatic amines is 1. The van der Waals surface area contributed by atoms with Gasteiger partial charge in [0.1, 0.15) is 0 Å². The Labute approximate surface area is 104 Å². The normalized spacial score (nSPS) is 12.4. The molecule has 0 saturated carbocycles. The number of tetrazole rings is 1. The Morgan fingerprint density at radius 3 is 3.00 bits per heavy atom. The van der Waals surface area contributed by atoms with E-state index in [1.165, 1.54) is 0 Å². The predicted molar refractivity (Wildman–Crippen MR) is 62.6 cm³/mol.